The maximum absolute atomic E-state index is 13.0. The number of nitrogens with zero attached hydrogens (tertiary/aromatic N) is 3. The number of hydrogen-bond donors (Lipinski definition) is 3. The molecule has 0 spiro atoms. The van der Waals surface area contributed by atoms with Crippen molar-refractivity contribution in [1.29, 1.82) is 0 Å². The van der Waals surface area contributed by atoms with Crippen molar-refractivity contribution in [3.05, 3.63) is 87.7 Å². The molecular formula is C23H22FN5O4. The van der Waals surface area contributed by atoms with Crippen LogP contribution in [-0.4, -0.2) is 58.0 Å². The molecule has 0 radical (unpaired) electrons. The van der Waals surface area contributed by atoms with Crippen LogP contribution in [0.3, 0.4) is 0 Å². The van der Waals surface area contributed by atoms with Crippen molar-refractivity contribution in [3.63, 3.8) is 0 Å². The van der Waals surface area contributed by atoms with Crippen LogP contribution in [-0.2, 0) is 6.54 Å². The van der Waals surface area contributed by atoms with Gasteiger partial charge in [-0.15, -0.1) is 0 Å². The van der Waals surface area contributed by atoms with Gasteiger partial charge in [-0.3, -0.25) is 14.4 Å². The normalized spacial score (nSPS) is 13.6. The predicted octanol–water partition coefficient (Wildman–Crippen LogP) is 1.51. The summed E-state index contributed by atoms with van der Waals surface area (Å²) >= 11 is 0. The summed E-state index contributed by atoms with van der Waals surface area (Å²) in [5.74, 6) is -1.52. The molecule has 1 aliphatic heterocycles. The molecule has 0 atom stereocenters. The van der Waals surface area contributed by atoms with Gasteiger partial charge in [-0.2, -0.15) is 0 Å². The molecule has 0 saturated carbocycles. The molecule has 3 aromatic rings. The van der Waals surface area contributed by atoms with E-state index in [-0.39, 0.29) is 17.8 Å². The molecule has 4 rings (SSSR count). The van der Waals surface area contributed by atoms with E-state index >= 15 is 0 Å². The predicted molar refractivity (Wildman–Crippen MR) is 119 cm³/mol. The lowest BCUT2D eigenvalue weighted by Crippen LogP contribution is -2.49. The number of rotatable bonds is 5. The first kappa shape index (κ1) is 22.0. The van der Waals surface area contributed by atoms with Gasteiger partial charge in [0, 0.05) is 38.9 Å². The third-order valence-electron chi connectivity index (χ3n) is 5.39. The zero-order chi connectivity index (χ0) is 23.4. The van der Waals surface area contributed by atoms with Gasteiger partial charge in [-0.25, -0.2) is 9.37 Å². The molecule has 2 aromatic heterocycles. The third kappa shape index (κ3) is 5.00. The van der Waals surface area contributed by atoms with Crippen molar-refractivity contribution in [3.8, 4) is 5.75 Å². The molecule has 0 bridgehead atoms. The lowest BCUT2D eigenvalue weighted by molar-refractivity contribution is 0.0740. The number of piperazine rings is 1. The largest absolute Gasteiger partial charge is 0.502 e. The van der Waals surface area contributed by atoms with Gasteiger partial charge in [-0.05, 0) is 35.9 Å². The smallest absolute Gasteiger partial charge is 0.291 e. The van der Waals surface area contributed by atoms with Crippen molar-refractivity contribution in [2.24, 2.45) is 0 Å². The van der Waals surface area contributed by atoms with E-state index in [9.17, 15) is 23.9 Å². The highest BCUT2D eigenvalue weighted by Crippen LogP contribution is 2.17. The van der Waals surface area contributed by atoms with E-state index in [1.165, 1.54) is 30.3 Å². The Morgan fingerprint density at radius 2 is 1.82 bits per heavy atom. The number of benzene rings is 1. The molecule has 9 nitrogen and oxygen atoms in total. The zero-order valence-electron chi connectivity index (χ0n) is 17.6. The van der Waals surface area contributed by atoms with Gasteiger partial charge >= 0.3 is 0 Å². The molecule has 1 aliphatic rings. The minimum atomic E-state index is -0.931. The van der Waals surface area contributed by atoms with Crippen LogP contribution in [0.1, 0.15) is 26.4 Å². The zero-order valence-corrected chi connectivity index (χ0v) is 17.6. The van der Waals surface area contributed by atoms with E-state index < -0.39 is 28.9 Å². The number of halogens is 1. The van der Waals surface area contributed by atoms with Gasteiger partial charge in [0.05, 0.1) is 5.56 Å². The Kier molecular flexibility index (Phi) is 6.34. The number of anilines is 1. The Hall–Kier alpha value is -4.21. The number of pyridine rings is 2. The van der Waals surface area contributed by atoms with Crippen LogP contribution in [0.2, 0.25) is 0 Å². The monoisotopic (exact) mass is 451 g/mol. The summed E-state index contributed by atoms with van der Waals surface area (Å²) in [7, 11) is 0. The van der Waals surface area contributed by atoms with Crippen LogP contribution in [0.15, 0.2) is 59.5 Å². The van der Waals surface area contributed by atoms with E-state index in [0.29, 0.717) is 31.7 Å². The van der Waals surface area contributed by atoms with Crippen LogP contribution in [0.5, 0.6) is 5.75 Å². The van der Waals surface area contributed by atoms with Crippen LogP contribution in [0.25, 0.3) is 0 Å². The molecular weight excluding hydrogens is 429 g/mol. The number of H-pyrrole nitrogens is 1. The van der Waals surface area contributed by atoms with E-state index in [1.54, 1.807) is 11.1 Å². The van der Waals surface area contributed by atoms with Crippen LogP contribution in [0, 0.1) is 5.82 Å². The Balaban J connectivity index is 1.45. The summed E-state index contributed by atoms with van der Waals surface area (Å²) < 4.78 is 13.0. The van der Waals surface area contributed by atoms with Crippen molar-refractivity contribution >= 4 is 17.6 Å². The fourth-order valence-corrected chi connectivity index (χ4v) is 3.57. The summed E-state index contributed by atoms with van der Waals surface area (Å²) in [5, 5.41) is 12.6. The van der Waals surface area contributed by atoms with Gasteiger partial charge in [0.1, 0.15) is 17.3 Å². The second kappa shape index (κ2) is 9.51. The van der Waals surface area contributed by atoms with Crippen molar-refractivity contribution in [2.75, 3.05) is 31.1 Å². The van der Waals surface area contributed by atoms with E-state index in [0.717, 1.165) is 5.82 Å². The number of aromatic amines is 1. The summed E-state index contributed by atoms with van der Waals surface area (Å²) in [6, 6.07) is 12.3. The van der Waals surface area contributed by atoms with Crippen LogP contribution >= 0.6 is 0 Å². The number of amides is 2. The summed E-state index contributed by atoms with van der Waals surface area (Å²) in [4.78, 5) is 48.0. The van der Waals surface area contributed by atoms with E-state index in [2.05, 4.69) is 20.2 Å². The summed E-state index contributed by atoms with van der Waals surface area (Å²) in [5.41, 5.74) is -0.691. The van der Waals surface area contributed by atoms with Gasteiger partial charge < -0.3 is 25.2 Å². The van der Waals surface area contributed by atoms with E-state index in [1.807, 2.05) is 18.2 Å². The average molecular weight is 451 g/mol. The van der Waals surface area contributed by atoms with Gasteiger partial charge in [0.25, 0.3) is 17.4 Å². The Bertz CT molecular complexity index is 1210. The number of carbonyl (C=O) groups is 2. The number of nitrogens with one attached hydrogen (secondary N) is 2. The molecule has 3 heterocycles. The fraction of sp³-hybridized carbons (Fsp3) is 0.217. The molecule has 33 heavy (non-hydrogen) atoms. The average Bonchev–Trinajstić information content (AvgIpc) is 2.85. The SMILES string of the molecule is O=C(NCc1ccc(F)cc1)c1cc(C(=O)N2CCN(c3ccccn3)CC2)[nH]c(=O)c1O. The van der Waals surface area contributed by atoms with Crippen molar-refractivity contribution in [2.45, 2.75) is 6.54 Å². The van der Waals surface area contributed by atoms with Gasteiger partial charge in [0.2, 0.25) is 0 Å². The molecule has 10 heteroatoms. The van der Waals surface area contributed by atoms with Crippen LogP contribution < -0.4 is 15.8 Å². The van der Waals surface area contributed by atoms with Crippen LogP contribution in [0.4, 0.5) is 10.2 Å². The molecule has 170 valence electrons. The first-order chi connectivity index (χ1) is 15.9. The fourth-order valence-electron chi connectivity index (χ4n) is 3.57. The summed E-state index contributed by atoms with van der Waals surface area (Å²) in [6.45, 7) is 2.01. The second-order valence-electron chi connectivity index (χ2n) is 7.55. The topological polar surface area (TPSA) is 119 Å². The maximum Gasteiger partial charge on any atom is 0.291 e. The minimum Gasteiger partial charge on any atom is -0.502 e. The highest BCUT2D eigenvalue weighted by Gasteiger charge is 2.25. The standard InChI is InChI=1S/C23H22FN5O4/c24-16-6-4-15(5-7-16)14-26-21(31)17-13-18(27-22(32)20(17)30)23(33)29-11-9-28(10-12-29)19-3-1-2-8-25-19/h1-8,13,30H,9-12,14H2,(H,26,31)(H,27,32). The Morgan fingerprint density at radius 1 is 1.09 bits per heavy atom. The number of aromatic hydroxyl groups is 1. The van der Waals surface area contributed by atoms with Crippen molar-refractivity contribution < 1.29 is 19.1 Å². The number of hydrogen-bond acceptors (Lipinski definition) is 6. The van der Waals surface area contributed by atoms with Crippen molar-refractivity contribution in [1.82, 2.24) is 20.2 Å². The number of aromatic nitrogens is 2. The molecule has 1 fully saturated rings. The Labute approximate surface area is 188 Å². The lowest BCUT2D eigenvalue weighted by atomic mass is 10.1. The molecule has 0 aliphatic carbocycles. The second-order valence-corrected chi connectivity index (χ2v) is 7.55. The minimum absolute atomic E-state index is 0.0596. The molecule has 1 aromatic carbocycles. The van der Waals surface area contributed by atoms with E-state index in [4.69, 9.17) is 0 Å². The number of carbonyl (C=O) groups excluding carboxylic acids is 2. The first-order valence-corrected chi connectivity index (χ1v) is 10.4. The molecule has 0 unspecified atom stereocenters. The van der Waals surface area contributed by atoms with Gasteiger partial charge in [0.15, 0.2) is 5.75 Å². The quantitative estimate of drug-likeness (QED) is 0.541. The lowest BCUT2D eigenvalue weighted by Gasteiger charge is -2.35. The Morgan fingerprint density at radius 3 is 2.48 bits per heavy atom. The summed E-state index contributed by atoms with van der Waals surface area (Å²) in [6.07, 6.45) is 1.71. The third-order valence-corrected chi connectivity index (χ3v) is 5.39. The highest BCUT2D eigenvalue weighted by molar-refractivity contribution is 6.00. The molecule has 3 N–H and O–H groups in total. The molecule has 2 amide bonds. The van der Waals surface area contributed by atoms with Gasteiger partial charge in [-0.1, -0.05) is 18.2 Å². The maximum atomic E-state index is 13.0. The highest BCUT2D eigenvalue weighted by atomic mass is 19.1. The molecule has 1 saturated heterocycles. The first-order valence-electron chi connectivity index (χ1n) is 10.4.